The molecule has 0 bridgehead atoms. The molecule has 0 amide bonds. The van der Waals surface area contributed by atoms with Crippen molar-refractivity contribution in [3.8, 4) is 33.4 Å². The maximum Gasteiger partial charge on any atom is 0.136 e. The van der Waals surface area contributed by atoms with Crippen LogP contribution in [0.15, 0.2) is 184 Å². The first kappa shape index (κ1) is 32.9. The minimum Gasteiger partial charge on any atom is -0.456 e. The molecule has 2 aromatic heterocycles. The lowest BCUT2D eigenvalue weighted by Crippen LogP contribution is -2.18. The Bertz CT molecular complexity index is 2980. The third kappa shape index (κ3) is 6.06. The molecule has 7 aromatic carbocycles. The quantitative estimate of drug-likeness (QED) is 0.176. The van der Waals surface area contributed by atoms with Gasteiger partial charge in [-0.1, -0.05) is 140 Å². The van der Waals surface area contributed by atoms with Gasteiger partial charge < -0.3 is 14.2 Å². The Hall–Kier alpha value is -6.97. The molecule has 0 radical (unpaired) electrons. The smallest absolute Gasteiger partial charge is 0.136 e. The molecule has 3 nitrogen and oxygen atoms in total. The van der Waals surface area contributed by atoms with E-state index in [0.29, 0.717) is 5.92 Å². The normalized spacial score (nSPS) is 12.8. The van der Waals surface area contributed by atoms with Gasteiger partial charge in [0.15, 0.2) is 0 Å². The number of hydrogen-bond acceptors (Lipinski definition) is 3. The molecule has 1 N–H and O–H groups in total. The maximum atomic E-state index is 7.79. The van der Waals surface area contributed by atoms with Crippen LogP contribution in [0.1, 0.15) is 29.5 Å². The lowest BCUT2D eigenvalue weighted by Gasteiger charge is -2.09. The van der Waals surface area contributed by atoms with E-state index in [1.165, 1.54) is 45.2 Å². The predicted octanol–water partition coefficient (Wildman–Crippen LogP) is 12.3. The summed E-state index contributed by atoms with van der Waals surface area (Å²) in [6.07, 6.45) is 5.69. The van der Waals surface area contributed by atoms with Crippen molar-refractivity contribution in [2.24, 2.45) is 0 Å². The van der Waals surface area contributed by atoms with Gasteiger partial charge in [-0.2, -0.15) is 0 Å². The standard InChI is InChI=1S/C31H21NO.C20H16O/c32-20-27-13-6-14-30-31(27)28-19-26(15-16-29(28)33-30)25-12-5-11-24(18-25)23-10-4-9-22(17-23)21-7-2-1-3-8-21;1-3-14(20-16-9-4-5-10-17(16)20)12-19-13(2)15-8-6-7-11-18(15)21-19/h1-20,32H;3-12,20H,2H2,1H3/b;14-3+,19-12+. The molecule has 9 aromatic rings. The highest BCUT2D eigenvalue weighted by Gasteiger charge is 2.33. The second kappa shape index (κ2) is 13.9. The zero-order valence-corrected chi connectivity index (χ0v) is 29.9. The van der Waals surface area contributed by atoms with E-state index in [9.17, 15) is 0 Å². The molecule has 0 aliphatic heterocycles. The summed E-state index contributed by atoms with van der Waals surface area (Å²) in [5.41, 5.74) is 15.5. The summed E-state index contributed by atoms with van der Waals surface area (Å²) in [6.45, 7) is 6.25. The topological polar surface area (TPSA) is 50.1 Å². The molecule has 10 rings (SSSR count). The van der Waals surface area contributed by atoms with Gasteiger partial charge >= 0.3 is 0 Å². The second-order valence-corrected chi connectivity index (χ2v) is 13.6. The number of rotatable bonds is 6. The van der Waals surface area contributed by atoms with Crippen molar-refractivity contribution in [3.05, 3.63) is 203 Å². The molecule has 54 heavy (non-hydrogen) atoms. The highest BCUT2D eigenvalue weighted by molar-refractivity contribution is 6.13. The molecule has 1 aliphatic rings. The Balaban J connectivity index is 0.000000157. The van der Waals surface area contributed by atoms with E-state index in [2.05, 4.69) is 141 Å². The molecule has 3 heteroatoms. The summed E-state index contributed by atoms with van der Waals surface area (Å²) < 4.78 is 12.0. The highest BCUT2D eigenvalue weighted by Crippen LogP contribution is 2.48. The van der Waals surface area contributed by atoms with Crippen molar-refractivity contribution in [1.82, 2.24) is 0 Å². The third-order valence-corrected chi connectivity index (χ3v) is 10.4. The van der Waals surface area contributed by atoms with Gasteiger partial charge in [-0.3, -0.25) is 0 Å². The van der Waals surface area contributed by atoms with E-state index < -0.39 is 0 Å². The molecule has 0 saturated carbocycles. The molecule has 2 heterocycles. The first-order chi connectivity index (χ1) is 26.6. The Kier molecular flexibility index (Phi) is 8.45. The molecule has 0 atom stereocenters. The monoisotopic (exact) mass is 695 g/mol. The van der Waals surface area contributed by atoms with Crippen LogP contribution in [0.2, 0.25) is 0 Å². The van der Waals surface area contributed by atoms with Crippen molar-refractivity contribution < 1.29 is 8.83 Å². The van der Waals surface area contributed by atoms with Crippen LogP contribution in [0, 0.1) is 5.41 Å². The summed E-state index contributed by atoms with van der Waals surface area (Å²) in [7, 11) is 0. The fourth-order valence-electron chi connectivity index (χ4n) is 7.58. The lowest BCUT2D eigenvalue weighted by molar-refractivity contribution is 0.575. The number of fused-ring (bicyclic) bond motifs is 5. The largest absolute Gasteiger partial charge is 0.456 e. The van der Waals surface area contributed by atoms with Crippen LogP contribution < -0.4 is 10.6 Å². The minimum absolute atomic E-state index is 0.428. The number of furan rings is 2. The van der Waals surface area contributed by atoms with Crippen molar-refractivity contribution in [3.63, 3.8) is 0 Å². The van der Waals surface area contributed by atoms with Gasteiger partial charge in [0.2, 0.25) is 0 Å². The first-order valence-electron chi connectivity index (χ1n) is 18.2. The third-order valence-electron chi connectivity index (χ3n) is 10.4. The molecular formula is C51H37NO2. The number of hydrogen-bond donors (Lipinski definition) is 1. The van der Waals surface area contributed by atoms with Gasteiger partial charge in [0.1, 0.15) is 22.2 Å². The number of allylic oxidation sites excluding steroid dienone is 2. The van der Waals surface area contributed by atoms with Crippen LogP contribution in [0.4, 0.5) is 0 Å². The van der Waals surface area contributed by atoms with Gasteiger partial charge in [0, 0.05) is 39.1 Å². The van der Waals surface area contributed by atoms with Crippen molar-refractivity contribution in [1.29, 1.82) is 5.41 Å². The average Bonchev–Trinajstić information content (AvgIpc) is 3.71. The van der Waals surface area contributed by atoms with Crippen LogP contribution in [0.25, 0.3) is 78.9 Å². The summed E-state index contributed by atoms with van der Waals surface area (Å²) in [5.74, 6) is 0.428. The summed E-state index contributed by atoms with van der Waals surface area (Å²) >= 11 is 0. The van der Waals surface area contributed by atoms with Crippen molar-refractivity contribution in [2.75, 3.05) is 0 Å². The molecule has 0 fully saturated rings. The number of benzene rings is 7. The van der Waals surface area contributed by atoms with E-state index in [1.54, 1.807) is 0 Å². The van der Waals surface area contributed by atoms with E-state index in [-0.39, 0.29) is 0 Å². The Labute approximate surface area is 314 Å². The van der Waals surface area contributed by atoms with Gasteiger partial charge in [0.05, 0.1) is 0 Å². The molecule has 0 spiro atoms. The fraction of sp³-hybridized carbons (Fsp3) is 0.0392. The van der Waals surface area contributed by atoms with Crippen LogP contribution >= 0.6 is 0 Å². The van der Waals surface area contributed by atoms with Crippen molar-refractivity contribution in [2.45, 2.75) is 12.8 Å². The predicted molar refractivity (Wildman–Crippen MR) is 225 cm³/mol. The van der Waals surface area contributed by atoms with E-state index in [4.69, 9.17) is 14.2 Å². The fourth-order valence-corrected chi connectivity index (χ4v) is 7.58. The average molecular weight is 696 g/mol. The van der Waals surface area contributed by atoms with Gasteiger partial charge in [-0.15, -0.1) is 0 Å². The zero-order chi connectivity index (χ0) is 36.6. The van der Waals surface area contributed by atoms with Gasteiger partial charge in [-0.05, 0) is 99.5 Å². The Morgan fingerprint density at radius 3 is 1.76 bits per heavy atom. The van der Waals surface area contributed by atoms with E-state index >= 15 is 0 Å². The van der Waals surface area contributed by atoms with Crippen LogP contribution in [0.3, 0.4) is 0 Å². The van der Waals surface area contributed by atoms with E-state index in [0.717, 1.165) is 60.2 Å². The Morgan fingerprint density at radius 1 is 0.537 bits per heavy atom. The second-order valence-electron chi connectivity index (χ2n) is 13.6. The highest BCUT2D eigenvalue weighted by atomic mass is 16.3. The number of nitrogens with one attached hydrogen (secondary N) is 1. The van der Waals surface area contributed by atoms with Gasteiger partial charge in [-0.25, -0.2) is 0 Å². The van der Waals surface area contributed by atoms with Gasteiger partial charge in [0.25, 0.3) is 0 Å². The maximum absolute atomic E-state index is 7.79. The first-order valence-corrected chi connectivity index (χ1v) is 18.2. The molecule has 0 unspecified atom stereocenters. The summed E-state index contributed by atoms with van der Waals surface area (Å²) in [6, 6.07) is 56.6. The van der Waals surface area contributed by atoms with Crippen LogP contribution in [-0.4, -0.2) is 6.21 Å². The Morgan fingerprint density at radius 2 is 1.09 bits per heavy atom. The lowest BCUT2D eigenvalue weighted by atomic mass is 9.95. The summed E-state index contributed by atoms with van der Waals surface area (Å²) in [5, 5.41) is 11.9. The summed E-state index contributed by atoms with van der Waals surface area (Å²) in [4.78, 5) is 0. The molecule has 1 aliphatic carbocycles. The molecule has 0 saturated heterocycles. The van der Waals surface area contributed by atoms with E-state index in [1.807, 2.05) is 48.5 Å². The minimum atomic E-state index is 0.428. The zero-order valence-electron chi connectivity index (χ0n) is 29.9. The van der Waals surface area contributed by atoms with Crippen LogP contribution in [0.5, 0.6) is 0 Å². The molecular weight excluding hydrogens is 659 g/mol. The van der Waals surface area contributed by atoms with Crippen LogP contribution in [-0.2, 0) is 0 Å². The van der Waals surface area contributed by atoms with Crippen molar-refractivity contribution >= 4 is 51.8 Å². The SMILES string of the molecule is C=c1/c(=C\C(=C/C)C2c3ccccc32)oc2ccccc12.N=Cc1cccc2oc3ccc(-c4cccc(-c5cccc(-c6ccccc6)c5)c4)cc3c12. The number of para-hydroxylation sites is 1. The molecule has 258 valence electrons.